The van der Waals surface area contributed by atoms with Gasteiger partial charge < -0.3 is 10.1 Å². The van der Waals surface area contributed by atoms with Crippen molar-refractivity contribution in [1.29, 1.82) is 0 Å². The van der Waals surface area contributed by atoms with Gasteiger partial charge in [0, 0.05) is 6.04 Å². The molecule has 1 atom stereocenters. The number of ether oxygens (including phenoxy) is 1. The molecule has 3 heteroatoms. The second-order valence-corrected chi connectivity index (χ2v) is 5.14. The molecule has 114 valence electrons. The minimum Gasteiger partial charge on any atom is -0.497 e. The van der Waals surface area contributed by atoms with Crippen LogP contribution < -0.4 is 10.1 Å². The summed E-state index contributed by atoms with van der Waals surface area (Å²) in [6.45, 7) is 3.25. The Morgan fingerprint density at radius 1 is 0.952 bits per heavy atom. The Labute approximate surface area is 133 Å². The number of hydrogen-bond acceptors (Lipinski definition) is 2. The summed E-state index contributed by atoms with van der Waals surface area (Å²) in [5.41, 5.74) is 2.72. The molecule has 0 aliphatic rings. The molecule has 0 saturated heterocycles. The Bertz CT molecular complexity index is 498. The molecule has 0 aliphatic heterocycles. The molecule has 1 N–H and O–H groups in total. The van der Waals surface area contributed by atoms with E-state index in [1.165, 1.54) is 11.1 Å². The Morgan fingerprint density at radius 2 is 1.62 bits per heavy atom. The fraction of sp³-hybridized carbons (Fsp3) is 0.333. The first-order valence-electron chi connectivity index (χ1n) is 7.18. The van der Waals surface area contributed by atoms with Gasteiger partial charge in [0.25, 0.3) is 0 Å². The number of nitrogens with one attached hydrogen (secondary N) is 1. The van der Waals surface area contributed by atoms with Gasteiger partial charge >= 0.3 is 0 Å². The third-order valence-electron chi connectivity index (χ3n) is 3.45. The van der Waals surface area contributed by atoms with Gasteiger partial charge in [0.05, 0.1) is 7.11 Å². The molecule has 0 radical (unpaired) electrons. The number of halogens is 1. The highest BCUT2D eigenvalue weighted by molar-refractivity contribution is 5.85. The number of hydrogen-bond donors (Lipinski definition) is 1. The minimum atomic E-state index is 0. The molecule has 0 spiro atoms. The summed E-state index contributed by atoms with van der Waals surface area (Å²) < 4.78 is 5.17. The first kappa shape index (κ1) is 17.5. The topological polar surface area (TPSA) is 21.3 Å². The molecule has 2 aromatic rings. The molecular weight excluding hydrogens is 282 g/mol. The van der Waals surface area contributed by atoms with Crippen LogP contribution in [0.2, 0.25) is 0 Å². The van der Waals surface area contributed by atoms with Crippen LogP contribution >= 0.6 is 12.4 Å². The van der Waals surface area contributed by atoms with Crippen molar-refractivity contribution < 1.29 is 4.74 Å². The largest absolute Gasteiger partial charge is 0.497 e. The normalized spacial score (nSPS) is 11.5. The lowest BCUT2D eigenvalue weighted by molar-refractivity contribution is 0.414. The first-order valence-corrected chi connectivity index (χ1v) is 7.18. The molecule has 0 aliphatic carbocycles. The van der Waals surface area contributed by atoms with Gasteiger partial charge in [0.2, 0.25) is 0 Å². The van der Waals surface area contributed by atoms with Crippen LogP contribution in [0, 0.1) is 0 Å². The Kier molecular flexibility index (Phi) is 7.88. The molecule has 0 saturated carbocycles. The molecule has 0 heterocycles. The monoisotopic (exact) mass is 305 g/mol. The molecular formula is C18H24ClNO. The fourth-order valence-electron chi connectivity index (χ4n) is 2.29. The van der Waals surface area contributed by atoms with E-state index in [9.17, 15) is 0 Å². The van der Waals surface area contributed by atoms with Crippen LogP contribution in [-0.2, 0) is 12.8 Å². The first-order chi connectivity index (χ1) is 9.78. The van der Waals surface area contributed by atoms with E-state index < -0.39 is 0 Å². The zero-order chi connectivity index (χ0) is 14.2. The van der Waals surface area contributed by atoms with Crippen LogP contribution in [0.1, 0.15) is 18.1 Å². The second kappa shape index (κ2) is 9.43. The summed E-state index contributed by atoms with van der Waals surface area (Å²) in [7, 11) is 1.70. The molecule has 0 fully saturated rings. The van der Waals surface area contributed by atoms with Gasteiger partial charge in [-0.25, -0.2) is 0 Å². The van der Waals surface area contributed by atoms with Gasteiger partial charge in [0.1, 0.15) is 5.75 Å². The number of methoxy groups -OCH3 is 1. The zero-order valence-electron chi connectivity index (χ0n) is 12.7. The maximum atomic E-state index is 5.17. The van der Waals surface area contributed by atoms with Crippen molar-refractivity contribution in [3.8, 4) is 5.75 Å². The van der Waals surface area contributed by atoms with Gasteiger partial charge in [-0.15, -0.1) is 12.4 Å². The van der Waals surface area contributed by atoms with Crippen molar-refractivity contribution in [3.63, 3.8) is 0 Å². The van der Waals surface area contributed by atoms with E-state index in [2.05, 4.69) is 54.7 Å². The van der Waals surface area contributed by atoms with Crippen molar-refractivity contribution in [2.75, 3.05) is 13.7 Å². The van der Waals surface area contributed by atoms with Crippen LogP contribution in [0.3, 0.4) is 0 Å². The van der Waals surface area contributed by atoms with E-state index in [0.29, 0.717) is 6.04 Å². The predicted molar refractivity (Wildman–Crippen MR) is 91.6 cm³/mol. The molecule has 0 amide bonds. The number of rotatable bonds is 7. The third-order valence-corrected chi connectivity index (χ3v) is 3.45. The average molecular weight is 306 g/mol. The van der Waals surface area contributed by atoms with E-state index >= 15 is 0 Å². The van der Waals surface area contributed by atoms with Crippen LogP contribution in [0.5, 0.6) is 5.75 Å². The van der Waals surface area contributed by atoms with E-state index in [0.717, 1.165) is 25.1 Å². The lowest BCUT2D eigenvalue weighted by atomic mass is 10.1. The molecule has 2 aromatic carbocycles. The summed E-state index contributed by atoms with van der Waals surface area (Å²) >= 11 is 0. The Hall–Kier alpha value is -1.51. The average Bonchev–Trinajstić information content (AvgIpc) is 2.49. The lowest BCUT2D eigenvalue weighted by Gasteiger charge is -2.14. The zero-order valence-corrected chi connectivity index (χ0v) is 13.5. The highest BCUT2D eigenvalue weighted by Gasteiger charge is 2.03. The Balaban J connectivity index is 0.00000220. The molecule has 0 unspecified atom stereocenters. The van der Waals surface area contributed by atoms with Gasteiger partial charge in [-0.3, -0.25) is 0 Å². The van der Waals surface area contributed by atoms with Crippen LogP contribution in [-0.4, -0.2) is 19.7 Å². The summed E-state index contributed by atoms with van der Waals surface area (Å²) in [5, 5.41) is 3.58. The number of benzene rings is 2. The molecule has 2 nitrogen and oxygen atoms in total. The van der Waals surface area contributed by atoms with E-state index in [4.69, 9.17) is 4.74 Å². The smallest absolute Gasteiger partial charge is 0.118 e. The quantitative estimate of drug-likeness (QED) is 0.838. The summed E-state index contributed by atoms with van der Waals surface area (Å²) in [4.78, 5) is 0. The highest BCUT2D eigenvalue weighted by Crippen LogP contribution is 2.12. The van der Waals surface area contributed by atoms with Gasteiger partial charge in [-0.1, -0.05) is 42.5 Å². The fourth-order valence-corrected chi connectivity index (χ4v) is 2.29. The molecule has 0 bridgehead atoms. The standard InChI is InChI=1S/C18H23NO.ClH/c1-15(14-17-8-10-18(20-2)11-9-17)19-13-12-16-6-4-3-5-7-16;/h3-11,15,19H,12-14H2,1-2H3;1H/t15-;/m0./s1. The SMILES string of the molecule is COc1ccc(C[C@H](C)NCCc2ccccc2)cc1.Cl. The minimum absolute atomic E-state index is 0. The molecule has 2 rings (SSSR count). The lowest BCUT2D eigenvalue weighted by Crippen LogP contribution is -2.29. The van der Waals surface area contributed by atoms with Crippen molar-refractivity contribution in [2.45, 2.75) is 25.8 Å². The van der Waals surface area contributed by atoms with Gasteiger partial charge in [0.15, 0.2) is 0 Å². The van der Waals surface area contributed by atoms with Crippen molar-refractivity contribution >= 4 is 12.4 Å². The molecule has 21 heavy (non-hydrogen) atoms. The van der Waals surface area contributed by atoms with E-state index in [1.807, 2.05) is 12.1 Å². The summed E-state index contributed by atoms with van der Waals surface area (Å²) in [5.74, 6) is 0.915. The van der Waals surface area contributed by atoms with Gasteiger partial charge in [-0.2, -0.15) is 0 Å². The highest BCUT2D eigenvalue weighted by atomic mass is 35.5. The maximum absolute atomic E-state index is 5.17. The summed E-state index contributed by atoms with van der Waals surface area (Å²) in [6, 6.07) is 19.4. The van der Waals surface area contributed by atoms with E-state index in [-0.39, 0.29) is 12.4 Å². The van der Waals surface area contributed by atoms with Crippen LogP contribution in [0.4, 0.5) is 0 Å². The second-order valence-electron chi connectivity index (χ2n) is 5.14. The van der Waals surface area contributed by atoms with Crippen molar-refractivity contribution in [3.05, 3.63) is 65.7 Å². The van der Waals surface area contributed by atoms with Gasteiger partial charge in [-0.05, 0) is 49.6 Å². The van der Waals surface area contributed by atoms with Crippen molar-refractivity contribution in [1.82, 2.24) is 5.32 Å². The van der Waals surface area contributed by atoms with Crippen LogP contribution in [0.25, 0.3) is 0 Å². The maximum Gasteiger partial charge on any atom is 0.118 e. The van der Waals surface area contributed by atoms with Crippen LogP contribution in [0.15, 0.2) is 54.6 Å². The Morgan fingerprint density at radius 3 is 2.24 bits per heavy atom. The predicted octanol–water partition coefficient (Wildman–Crippen LogP) is 3.88. The van der Waals surface area contributed by atoms with E-state index in [1.54, 1.807) is 7.11 Å². The van der Waals surface area contributed by atoms with Crippen molar-refractivity contribution in [2.24, 2.45) is 0 Å². The molecule has 0 aromatic heterocycles. The summed E-state index contributed by atoms with van der Waals surface area (Å²) in [6.07, 6.45) is 2.12. The third kappa shape index (κ3) is 6.19.